The predicted octanol–water partition coefficient (Wildman–Crippen LogP) is 1.30. The molecule has 5 nitrogen and oxygen atoms in total. The fourth-order valence-electron chi connectivity index (χ4n) is 2.26. The number of carboxylic acid groups (broad SMARTS) is 1. The second-order valence-corrected chi connectivity index (χ2v) is 5.49. The molecular formula is C12H16N2O3S. The number of aliphatic carboxylic acids is 1. The van der Waals surface area contributed by atoms with Crippen molar-refractivity contribution in [3.63, 3.8) is 0 Å². The van der Waals surface area contributed by atoms with Crippen molar-refractivity contribution in [3.8, 4) is 0 Å². The summed E-state index contributed by atoms with van der Waals surface area (Å²) in [7, 11) is 0. The lowest BCUT2D eigenvalue weighted by Gasteiger charge is -2.10. The van der Waals surface area contributed by atoms with Crippen LogP contribution >= 0.6 is 11.3 Å². The van der Waals surface area contributed by atoms with Crippen molar-refractivity contribution in [1.29, 1.82) is 0 Å². The molecule has 2 rings (SSSR count). The van der Waals surface area contributed by atoms with E-state index in [1.165, 1.54) is 0 Å². The van der Waals surface area contributed by atoms with Crippen LogP contribution in [0.5, 0.6) is 0 Å². The third-order valence-corrected chi connectivity index (χ3v) is 4.11. The number of nitrogens with zero attached hydrogens (tertiary/aromatic N) is 1. The maximum absolute atomic E-state index is 11.8. The Hall–Kier alpha value is -1.43. The molecule has 1 fully saturated rings. The van der Waals surface area contributed by atoms with Crippen LogP contribution in [0.1, 0.15) is 24.3 Å². The molecule has 0 bridgehead atoms. The summed E-state index contributed by atoms with van der Waals surface area (Å²) >= 11 is 1.57. The minimum absolute atomic E-state index is 0.0182. The number of carboxylic acids is 1. The van der Waals surface area contributed by atoms with Gasteiger partial charge in [-0.3, -0.25) is 9.59 Å². The zero-order valence-electron chi connectivity index (χ0n) is 9.96. The summed E-state index contributed by atoms with van der Waals surface area (Å²) in [5.74, 6) is -1.29. The van der Waals surface area contributed by atoms with Gasteiger partial charge in [0.1, 0.15) is 0 Å². The van der Waals surface area contributed by atoms with Gasteiger partial charge in [0.15, 0.2) is 0 Å². The minimum Gasteiger partial charge on any atom is -0.481 e. The number of nitrogens with one attached hydrogen (secondary N) is 1. The predicted molar refractivity (Wildman–Crippen MR) is 67.3 cm³/mol. The number of rotatable bonds is 5. The highest BCUT2D eigenvalue weighted by Gasteiger charge is 2.33. The number of aromatic nitrogens is 1. The molecule has 0 radical (unpaired) electrons. The molecule has 2 N–H and O–H groups in total. The zero-order valence-corrected chi connectivity index (χ0v) is 10.8. The zero-order chi connectivity index (χ0) is 13.0. The Bertz CT molecular complexity index is 419. The second kappa shape index (κ2) is 5.95. The molecule has 0 saturated heterocycles. The van der Waals surface area contributed by atoms with Crippen LogP contribution in [-0.4, -0.2) is 28.5 Å². The molecule has 2 unspecified atom stereocenters. The van der Waals surface area contributed by atoms with E-state index in [1.54, 1.807) is 17.5 Å². The van der Waals surface area contributed by atoms with Crippen LogP contribution in [0.3, 0.4) is 0 Å². The molecule has 0 spiro atoms. The van der Waals surface area contributed by atoms with Gasteiger partial charge in [0.2, 0.25) is 5.91 Å². The van der Waals surface area contributed by atoms with E-state index in [9.17, 15) is 9.59 Å². The van der Waals surface area contributed by atoms with Crippen LogP contribution in [0.25, 0.3) is 0 Å². The van der Waals surface area contributed by atoms with E-state index < -0.39 is 5.97 Å². The number of hydrogen-bond donors (Lipinski definition) is 2. The van der Waals surface area contributed by atoms with Gasteiger partial charge in [0.25, 0.3) is 0 Å². The monoisotopic (exact) mass is 268 g/mol. The molecule has 0 aromatic carbocycles. The first kappa shape index (κ1) is 13.0. The van der Waals surface area contributed by atoms with E-state index >= 15 is 0 Å². The van der Waals surface area contributed by atoms with Gasteiger partial charge >= 0.3 is 5.97 Å². The summed E-state index contributed by atoms with van der Waals surface area (Å²) in [5.41, 5.74) is 0. The van der Waals surface area contributed by atoms with Gasteiger partial charge in [-0.2, -0.15) is 0 Å². The standard InChI is InChI=1S/C12H16N2O3S/c15-11(8-1-2-9(7-8)12(16)17)14-4-3-10-13-5-6-18-10/h5-6,8-9H,1-4,7H2,(H,14,15)(H,16,17). The maximum Gasteiger partial charge on any atom is 0.306 e. The average Bonchev–Trinajstić information content (AvgIpc) is 2.99. The van der Waals surface area contributed by atoms with Gasteiger partial charge in [-0.05, 0) is 19.3 Å². The quantitative estimate of drug-likeness (QED) is 0.843. The molecular weight excluding hydrogens is 252 g/mol. The Kier molecular flexibility index (Phi) is 4.30. The SMILES string of the molecule is O=C(O)C1CCC(C(=O)NCCc2nccs2)C1. The minimum atomic E-state index is -0.784. The van der Waals surface area contributed by atoms with Gasteiger partial charge in [0.05, 0.1) is 10.9 Å². The summed E-state index contributed by atoms with van der Waals surface area (Å²) in [6.45, 7) is 0.570. The molecule has 2 atom stereocenters. The van der Waals surface area contributed by atoms with Gasteiger partial charge in [-0.25, -0.2) is 4.98 Å². The topological polar surface area (TPSA) is 79.3 Å². The highest BCUT2D eigenvalue weighted by molar-refractivity contribution is 7.09. The van der Waals surface area contributed by atoms with Crippen molar-refractivity contribution >= 4 is 23.2 Å². The second-order valence-electron chi connectivity index (χ2n) is 4.51. The number of amides is 1. The van der Waals surface area contributed by atoms with Gasteiger partial charge in [0, 0.05) is 30.5 Å². The van der Waals surface area contributed by atoms with Gasteiger partial charge in [-0.1, -0.05) is 0 Å². The van der Waals surface area contributed by atoms with Crippen molar-refractivity contribution in [2.75, 3.05) is 6.54 Å². The van der Waals surface area contributed by atoms with Crippen LogP contribution in [0.4, 0.5) is 0 Å². The maximum atomic E-state index is 11.8. The highest BCUT2D eigenvalue weighted by Crippen LogP contribution is 2.31. The van der Waals surface area contributed by atoms with Gasteiger partial charge in [-0.15, -0.1) is 11.3 Å². The molecule has 1 aromatic rings. The Morgan fingerprint density at radius 1 is 1.44 bits per heavy atom. The molecule has 1 aliphatic carbocycles. The molecule has 1 aromatic heterocycles. The molecule has 0 aliphatic heterocycles. The Morgan fingerprint density at radius 3 is 2.83 bits per heavy atom. The molecule has 1 saturated carbocycles. The van der Waals surface area contributed by atoms with Crippen LogP contribution in [0.2, 0.25) is 0 Å². The van der Waals surface area contributed by atoms with E-state index in [1.807, 2.05) is 5.38 Å². The number of thiazole rings is 1. The van der Waals surface area contributed by atoms with Crippen LogP contribution < -0.4 is 5.32 Å². The summed E-state index contributed by atoms with van der Waals surface area (Å²) in [4.78, 5) is 26.8. The van der Waals surface area contributed by atoms with Crippen LogP contribution in [0, 0.1) is 11.8 Å². The lowest BCUT2D eigenvalue weighted by Crippen LogP contribution is -2.31. The molecule has 1 heterocycles. The Morgan fingerprint density at radius 2 is 2.22 bits per heavy atom. The van der Waals surface area contributed by atoms with E-state index in [0.29, 0.717) is 25.8 Å². The third-order valence-electron chi connectivity index (χ3n) is 3.27. The highest BCUT2D eigenvalue weighted by atomic mass is 32.1. The van der Waals surface area contributed by atoms with E-state index in [4.69, 9.17) is 5.11 Å². The molecule has 6 heteroatoms. The molecule has 18 heavy (non-hydrogen) atoms. The smallest absolute Gasteiger partial charge is 0.306 e. The lowest BCUT2D eigenvalue weighted by molar-refractivity contribution is -0.141. The van der Waals surface area contributed by atoms with E-state index in [-0.39, 0.29) is 17.7 Å². The van der Waals surface area contributed by atoms with E-state index in [0.717, 1.165) is 11.4 Å². The third kappa shape index (κ3) is 3.29. The Balaban J connectivity index is 1.71. The van der Waals surface area contributed by atoms with Crippen LogP contribution in [-0.2, 0) is 16.0 Å². The van der Waals surface area contributed by atoms with Crippen molar-refractivity contribution in [3.05, 3.63) is 16.6 Å². The number of hydrogen-bond acceptors (Lipinski definition) is 4. The number of carbonyl (C=O) groups excluding carboxylic acids is 1. The fourth-order valence-corrected chi connectivity index (χ4v) is 2.88. The average molecular weight is 268 g/mol. The van der Waals surface area contributed by atoms with Crippen molar-refractivity contribution in [1.82, 2.24) is 10.3 Å². The normalized spacial score (nSPS) is 22.9. The van der Waals surface area contributed by atoms with Crippen molar-refractivity contribution in [2.24, 2.45) is 11.8 Å². The van der Waals surface area contributed by atoms with Crippen molar-refractivity contribution in [2.45, 2.75) is 25.7 Å². The summed E-state index contributed by atoms with van der Waals surface area (Å²) < 4.78 is 0. The first-order valence-corrected chi connectivity index (χ1v) is 6.93. The summed E-state index contributed by atoms with van der Waals surface area (Å²) in [6, 6.07) is 0. The van der Waals surface area contributed by atoms with Gasteiger partial charge < -0.3 is 10.4 Å². The Labute approximate surface area is 109 Å². The van der Waals surface area contributed by atoms with Crippen molar-refractivity contribution < 1.29 is 14.7 Å². The lowest BCUT2D eigenvalue weighted by atomic mass is 10.0. The summed E-state index contributed by atoms with van der Waals surface area (Å²) in [6.07, 6.45) is 4.24. The largest absolute Gasteiger partial charge is 0.481 e. The van der Waals surface area contributed by atoms with Crippen LogP contribution in [0.15, 0.2) is 11.6 Å². The molecule has 98 valence electrons. The molecule has 1 aliphatic rings. The first-order chi connectivity index (χ1) is 8.66. The first-order valence-electron chi connectivity index (χ1n) is 6.05. The summed E-state index contributed by atoms with van der Waals surface area (Å²) in [5, 5.41) is 14.6. The van der Waals surface area contributed by atoms with E-state index in [2.05, 4.69) is 10.3 Å². The fraction of sp³-hybridized carbons (Fsp3) is 0.583. The molecule has 1 amide bonds. The number of carbonyl (C=O) groups is 2.